The molecule has 2 heterocycles. The minimum absolute atomic E-state index is 0.0897. The molecular weight excluding hydrogens is 452 g/mol. The van der Waals surface area contributed by atoms with Crippen LogP contribution in [0.25, 0.3) is 0 Å². The maximum atomic E-state index is 12.7. The minimum Gasteiger partial charge on any atom is -0.490 e. The van der Waals surface area contributed by atoms with Crippen molar-refractivity contribution in [2.45, 2.75) is 26.4 Å². The first-order valence-electron chi connectivity index (χ1n) is 12.8. The van der Waals surface area contributed by atoms with Gasteiger partial charge < -0.3 is 19.7 Å². The average molecular weight is 489 g/mol. The van der Waals surface area contributed by atoms with E-state index >= 15 is 0 Å². The van der Waals surface area contributed by atoms with Crippen LogP contribution in [0.4, 0.5) is 5.69 Å². The molecule has 190 valence electrons. The molecule has 1 aliphatic heterocycles. The summed E-state index contributed by atoms with van der Waals surface area (Å²) in [6.07, 6.45) is 5.50. The van der Waals surface area contributed by atoms with Crippen LogP contribution in [0.1, 0.15) is 35.7 Å². The predicted octanol–water partition coefficient (Wildman–Crippen LogP) is 4.39. The van der Waals surface area contributed by atoms with Crippen LogP contribution in [-0.2, 0) is 6.61 Å². The third-order valence-electron chi connectivity index (χ3n) is 6.33. The molecule has 36 heavy (non-hydrogen) atoms. The lowest BCUT2D eigenvalue weighted by molar-refractivity contribution is 0.0952. The molecule has 0 spiro atoms. The van der Waals surface area contributed by atoms with Gasteiger partial charge >= 0.3 is 0 Å². The van der Waals surface area contributed by atoms with Crippen LogP contribution in [0.3, 0.4) is 0 Å². The number of anilines is 1. The third-order valence-corrected chi connectivity index (χ3v) is 6.33. The summed E-state index contributed by atoms with van der Waals surface area (Å²) in [4.78, 5) is 21.7. The second-order valence-electron chi connectivity index (χ2n) is 8.87. The van der Waals surface area contributed by atoms with Gasteiger partial charge in [-0.15, -0.1) is 0 Å². The summed E-state index contributed by atoms with van der Waals surface area (Å²) in [5.41, 5.74) is 2.90. The van der Waals surface area contributed by atoms with E-state index in [9.17, 15) is 4.79 Å². The molecule has 0 aliphatic carbocycles. The van der Waals surface area contributed by atoms with Gasteiger partial charge in [0.25, 0.3) is 5.91 Å². The number of rotatable bonds is 12. The first-order chi connectivity index (χ1) is 17.7. The van der Waals surface area contributed by atoms with E-state index in [2.05, 4.69) is 50.4 Å². The normalized spacial score (nSPS) is 13.9. The highest BCUT2D eigenvalue weighted by Gasteiger charge is 2.16. The quantitative estimate of drug-likeness (QED) is 0.382. The highest BCUT2D eigenvalue weighted by molar-refractivity contribution is 5.94. The van der Waals surface area contributed by atoms with Gasteiger partial charge in [-0.1, -0.05) is 18.2 Å². The van der Waals surface area contributed by atoms with E-state index in [1.807, 2.05) is 19.1 Å². The lowest BCUT2D eigenvalue weighted by Gasteiger charge is -2.36. The molecule has 1 N–H and O–H groups in total. The fourth-order valence-corrected chi connectivity index (χ4v) is 4.31. The molecule has 0 unspecified atom stereocenters. The fourth-order valence-electron chi connectivity index (χ4n) is 4.31. The van der Waals surface area contributed by atoms with E-state index in [1.54, 1.807) is 30.6 Å². The highest BCUT2D eigenvalue weighted by Crippen LogP contribution is 2.29. The van der Waals surface area contributed by atoms with Gasteiger partial charge in [0.15, 0.2) is 11.5 Å². The van der Waals surface area contributed by atoms with Crippen LogP contribution in [0, 0.1) is 0 Å². The van der Waals surface area contributed by atoms with Crippen LogP contribution >= 0.6 is 0 Å². The largest absolute Gasteiger partial charge is 0.490 e. The molecular formula is C29H36N4O3. The number of hydrogen-bond donors (Lipinski definition) is 1. The summed E-state index contributed by atoms with van der Waals surface area (Å²) in [6.45, 7) is 8.83. The van der Waals surface area contributed by atoms with Crippen LogP contribution in [-0.4, -0.2) is 61.7 Å². The number of carbonyl (C=O) groups excluding carboxylic acids is 1. The number of amides is 1. The Kier molecular flexibility index (Phi) is 9.56. The van der Waals surface area contributed by atoms with Crippen LogP contribution in [0.15, 0.2) is 73.1 Å². The van der Waals surface area contributed by atoms with Crippen molar-refractivity contribution in [1.82, 2.24) is 15.2 Å². The van der Waals surface area contributed by atoms with E-state index in [-0.39, 0.29) is 5.91 Å². The van der Waals surface area contributed by atoms with E-state index in [0.29, 0.717) is 36.8 Å². The van der Waals surface area contributed by atoms with Crippen molar-refractivity contribution in [2.75, 3.05) is 50.8 Å². The molecule has 1 aromatic heterocycles. The summed E-state index contributed by atoms with van der Waals surface area (Å²) in [5, 5.41) is 3.04. The number of para-hydroxylation sites is 1. The van der Waals surface area contributed by atoms with Crippen LogP contribution in [0.5, 0.6) is 11.5 Å². The van der Waals surface area contributed by atoms with Gasteiger partial charge in [0.2, 0.25) is 0 Å². The summed E-state index contributed by atoms with van der Waals surface area (Å²) in [6, 6.07) is 19.8. The number of unbranched alkanes of at least 4 members (excludes halogenated alkanes) is 1. The molecule has 0 bridgehead atoms. The monoisotopic (exact) mass is 488 g/mol. The summed E-state index contributed by atoms with van der Waals surface area (Å²) < 4.78 is 11.7. The van der Waals surface area contributed by atoms with Gasteiger partial charge in [-0.25, -0.2) is 0 Å². The fraction of sp³-hybridized carbons (Fsp3) is 0.379. The molecule has 3 aromatic rings. The molecule has 1 aliphatic rings. The van der Waals surface area contributed by atoms with Crippen molar-refractivity contribution < 1.29 is 14.3 Å². The smallest absolute Gasteiger partial charge is 0.251 e. The molecule has 0 radical (unpaired) electrons. The third kappa shape index (κ3) is 7.46. The Labute approximate surface area is 214 Å². The Balaban J connectivity index is 1.17. The standard InChI is InChI=1S/C29H36N4O3/c1-2-35-28-22-25(10-11-27(28)36-23-24-12-15-30-16-13-24)29(34)31-14-6-7-17-32-18-20-33(21-19-32)26-8-4-3-5-9-26/h3-5,8-13,15-16,22H,2,6-7,14,17-21,23H2,1H3,(H,31,34). The lowest BCUT2D eigenvalue weighted by Crippen LogP contribution is -2.46. The predicted molar refractivity (Wildman–Crippen MR) is 143 cm³/mol. The molecule has 1 saturated heterocycles. The number of ether oxygens (including phenoxy) is 2. The molecule has 0 atom stereocenters. The van der Waals surface area contributed by atoms with Gasteiger partial charge in [-0.05, 0) is 74.3 Å². The molecule has 7 heteroatoms. The van der Waals surface area contributed by atoms with Crippen LogP contribution < -0.4 is 19.7 Å². The van der Waals surface area contributed by atoms with Crippen molar-refractivity contribution in [3.05, 3.63) is 84.2 Å². The van der Waals surface area contributed by atoms with E-state index < -0.39 is 0 Å². The number of benzene rings is 2. The number of aromatic nitrogens is 1. The molecule has 0 saturated carbocycles. The Morgan fingerprint density at radius 2 is 1.69 bits per heavy atom. The summed E-state index contributed by atoms with van der Waals surface area (Å²) in [5.74, 6) is 1.11. The zero-order valence-electron chi connectivity index (χ0n) is 21.1. The van der Waals surface area contributed by atoms with Crippen molar-refractivity contribution in [3.63, 3.8) is 0 Å². The molecule has 1 amide bonds. The van der Waals surface area contributed by atoms with Gasteiger partial charge in [-0.2, -0.15) is 0 Å². The maximum Gasteiger partial charge on any atom is 0.251 e. The number of nitrogens with one attached hydrogen (secondary N) is 1. The van der Waals surface area contributed by atoms with E-state index in [1.165, 1.54) is 5.69 Å². The second kappa shape index (κ2) is 13.5. The highest BCUT2D eigenvalue weighted by atomic mass is 16.5. The SMILES string of the molecule is CCOc1cc(C(=O)NCCCCN2CCN(c3ccccc3)CC2)ccc1OCc1ccncc1. The molecule has 2 aromatic carbocycles. The first-order valence-corrected chi connectivity index (χ1v) is 12.8. The Hall–Kier alpha value is -3.58. The van der Waals surface area contributed by atoms with Crippen molar-refractivity contribution >= 4 is 11.6 Å². The zero-order valence-corrected chi connectivity index (χ0v) is 21.1. The van der Waals surface area contributed by atoms with Gasteiger partial charge in [-0.3, -0.25) is 14.7 Å². The summed E-state index contributed by atoms with van der Waals surface area (Å²) >= 11 is 0. The maximum absolute atomic E-state index is 12.7. The zero-order chi connectivity index (χ0) is 25.0. The number of pyridine rings is 1. The Morgan fingerprint density at radius 3 is 2.44 bits per heavy atom. The van der Waals surface area contributed by atoms with E-state index in [0.717, 1.165) is 51.1 Å². The lowest BCUT2D eigenvalue weighted by atomic mass is 10.1. The summed E-state index contributed by atoms with van der Waals surface area (Å²) in [7, 11) is 0. The number of piperazine rings is 1. The van der Waals surface area contributed by atoms with Crippen molar-refractivity contribution in [3.8, 4) is 11.5 Å². The second-order valence-corrected chi connectivity index (χ2v) is 8.87. The minimum atomic E-state index is -0.0897. The van der Waals surface area contributed by atoms with E-state index in [4.69, 9.17) is 9.47 Å². The molecule has 4 rings (SSSR count). The van der Waals surface area contributed by atoms with Gasteiger partial charge in [0.1, 0.15) is 6.61 Å². The Bertz CT molecular complexity index is 1070. The molecule has 7 nitrogen and oxygen atoms in total. The van der Waals surface area contributed by atoms with Crippen molar-refractivity contribution in [1.29, 1.82) is 0 Å². The van der Waals surface area contributed by atoms with Crippen molar-refractivity contribution in [2.24, 2.45) is 0 Å². The topological polar surface area (TPSA) is 66.9 Å². The first kappa shape index (κ1) is 25.5. The number of hydrogen-bond acceptors (Lipinski definition) is 6. The van der Waals surface area contributed by atoms with Gasteiger partial charge in [0, 0.05) is 56.4 Å². The van der Waals surface area contributed by atoms with Gasteiger partial charge in [0.05, 0.1) is 6.61 Å². The number of carbonyl (C=O) groups is 1. The van der Waals surface area contributed by atoms with Crippen LogP contribution in [0.2, 0.25) is 0 Å². The number of nitrogens with zero attached hydrogens (tertiary/aromatic N) is 3. The molecule has 1 fully saturated rings. The average Bonchev–Trinajstić information content (AvgIpc) is 2.93. The Morgan fingerprint density at radius 1 is 0.917 bits per heavy atom.